The molecule has 1 heterocycles. The molecule has 2 aromatic rings. The summed E-state index contributed by atoms with van der Waals surface area (Å²) in [5, 5.41) is 1.40. The van der Waals surface area contributed by atoms with Gasteiger partial charge in [-0.1, -0.05) is 55.6 Å². The van der Waals surface area contributed by atoms with Gasteiger partial charge in [-0.2, -0.15) is 0 Å². The van der Waals surface area contributed by atoms with Crippen LogP contribution in [-0.4, -0.2) is 56.1 Å². The summed E-state index contributed by atoms with van der Waals surface area (Å²) in [5.74, 6) is -0.366. The zero-order valence-electron chi connectivity index (χ0n) is 22.4. The number of amides is 2. The highest BCUT2D eigenvalue weighted by atomic mass is 32.2. The monoisotopic (exact) mass is 542 g/mol. The minimum absolute atomic E-state index is 0.129. The molecule has 0 spiro atoms. The lowest BCUT2D eigenvalue weighted by Gasteiger charge is -2.68. The first-order valence-electron chi connectivity index (χ1n) is 12.6. The molecule has 7 nitrogen and oxygen atoms in total. The van der Waals surface area contributed by atoms with E-state index < -0.39 is 40.1 Å². The number of β-lactam (4-membered cyclic amide) rings is 1. The molecule has 2 atom stereocenters. The molecule has 1 N–H and O–H groups in total. The van der Waals surface area contributed by atoms with Crippen LogP contribution in [0, 0.1) is 0 Å². The van der Waals surface area contributed by atoms with Gasteiger partial charge in [0.25, 0.3) is 5.91 Å². The fourth-order valence-electron chi connectivity index (χ4n) is 5.45. The summed E-state index contributed by atoms with van der Waals surface area (Å²) in [6.07, 6.45) is 2.99. The van der Waals surface area contributed by atoms with E-state index in [1.54, 1.807) is 60.7 Å². The van der Waals surface area contributed by atoms with Gasteiger partial charge >= 0.3 is 0 Å². The van der Waals surface area contributed by atoms with E-state index in [1.807, 2.05) is 39.9 Å². The molecule has 3 rings (SSSR count). The number of unbranched alkanes of at least 4 members (excludes halogenated alkanes) is 1. The normalized spacial score (nSPS) is 21.9. The average molecular weight is 543 g/mol. The molecular formula is C28H38N2O5SSi. The summed E-state index contributed by atoms with van der Waals surface area (Å²) < 4.78 is 34.9. The molecule has 0 aromatic heterocycles. The zero-order chi connectivity index (χ0) is 27.5. The standard InChI is InChI=1S/C28H38N2O5SSi/c1-7-8-15-20-27(36(33,34)23-18-13-10-14-19-23)28(37(5)6,25(32)30(27)26(2,3)4)29-24(31)21-35-22-16-11-9-12-17-22/h7,9-14,16-19,37H,1,8,15,20-21H2,2-6H3,(H,29,31)/t27-,28-/m0/s1. The average Bonchev–Trinajstić information content (AvgIpc) is 2.85. The Hall–Kier alpha value is -2.91. The van der Waals surface area contributed by atoms with Crippen molar-refractivity contribution in [1.82, 2.24) is 10.2 Å². The Balaban J connectivity index is 2.17. The fraction of sp³-hybridized carbons (Fsp3) is 0.429. The van der Waals surface area contributed by atoms with E-state index in [0.29, 0.717) is 18.6 Å². The summed E-state index contributed by atoms with van der Waals surface area (Å²) in [5.41, 5.74) is -0.800. The number of ether oxygens (including phenoxy) is 1. The van der Waals surface area contributed by atoms with Crippen LogP contribution in [0.25, 0.3) is 0 Å². The van der Waals surface area contributed by atoms with Crippen LogP contribution in [0.1, 0.15) is 40.0 Å². The molecule has 0 unspecified atom stereocenters. The van der Waals surface area contributed by atoms with Crippen LogP contribution in [0.3, 0.4) is 0 Å². The first kappa shape index (κ1) is 28.7. The number of nitrogens with one attached hydrogen (secondary N) is 1. The van der Waals surface area contributed by atoms with Crippen molar-refractivity contribution >= 4 is 30.4 Å². The van der Waals surface area contributed by atoms with Crippen molar-refractivity contribution in [2.75, 3.05) is 6.61 Å². The van der Waals surface area contributed by atoms with Crippen molar-refractivity contribution in [3.05, 3.63) is 73.3 Å². The van der Waals surface area contributed by atoms with Crippen LogP contribution in [-0.2, 0) is 19.4 Å². The van der Waals surface area contributed by atoms with E-state index in [9.17, 15) is 18.0 Å². The van der Waals surface area contributed by atoms with Crippen molar-refractivity contribution < 1.29 is 22.7 Å². The van der Waals surface area contributed by atoms with Gasteiger partial charge in [0.15, 0.2) is 11.5 Å². The van der Waals surface area contributed by atoms with Crippen LogP contribution in [0.4, 0.5) is 0 Å². The van der Waals surface area contributed by atoms with Crippen LogP contribution in [0.2, 0.25) is 13.1 Å². The third-order valence-electron chi connectivity index (χ3n) is 6.93. The highest BCUT2D eigenvalue weighted by Crippen LogP contribution is 2.55. The van der Waals surface area contributed by atoms with Gasteiger partial charge in [0.1, 0.15) is 10.9 Å². The Labute approximate surface area is 222 Å². The minimum atomic E-state index is -4.12. The smallest absolute Gasteiger partial charge is 0.258 e. The topological polar surface area (TPSA) is 92.8 Å². The van der Waals surface area contributed by atoms with Gasteiger partial charge in [0, 0.05) is 5.54 Å². The number of allylic oxidation sites excluding steroid dienone is 1. The van der Waals surface area contributed by atoms with Crippen LogP contribution < -0.4 is 10.1 Å². The van der Waals surface area contributed by atoms with Crippen LogP contribution in [0.5, 0.6) is 5.75 Å². The Kier molecular flexibility index (Phi) is 8.39. The lowest BCUT2D eigenvalue weighted by Crippen LogP contribution is -2.95. The third kappa shape index (κ3) is 4.86. The minimum Gasteiger partial charge on any atom is -0.484 e. The van der Waals surface area contributed by atoms with Gasteiger partial charge in [-0.25, -0.2) is 8.42 Å². The predicted octanol–water partition coefficient (Wildman–Crippen LogP) is 4.11. The molecule has 1 aliphatic rings. The number of carbonyl (C=O) groups excluding carboxylic acids is 2. The van der Waals surface area contributed by atoms with Crippen molar-refractivity contribution in [3.8, 4) is 5.75 Å². The van der Waals surface area contributed by atoms with Crippen molar-refractivity contribution in [1.29, 1.82) is 0 Å². The first-order chi connectivity index (χ1) is 17.4. The Morgan fingerprint density at radius 1 is 1.08 bits per heavy atom. The van der Waals surface area contributed by atoms with Gasteiger partial charge in [-0.3, -0.25) is 9.59 Å². The number of benzene rings is 2. The molecule has 1 saturated heterocycles. The van der Waals surface area contributed by atoms with Crippen molar-refractivity contribution in [2.45, 2.75) is 73.6 Å². The molecule has 0 radical (unpaired) electrons. The SMILES string of the molecule is C=CCCC[C@@]1(S(=O)(=O)c2ccccc2)N(C(C)(C)C)C(=O)[C@]1(NC(=O)COc1ccccc1)[SiH](C)C. The third-order valence-corrected chi connectivity index (χ3v) is 12.2. The number of rotatable bonds is 11. The second-order valence-corrected chi connectivity index (χ2v) is 16.0. The van der Waals surface area contributed by atoms with Crippen LogP contribution >= 0.6 is 0 Å². The number of nitrogens with zero attached hydrogens (tertiary/aromatic N) is 1. The predicted molar refractivity (Wildman–Crippen MR) is 149 cm³/mol. The van der Waals surface area contributed by atoms with Crippen molar-refractivity contribution in [3.63, 3.8) is 0 Å². The summed E-state index contributed by atoms with van der Waals surface area (Å²) in [6.45, 7) is 12.8. The van der Waals surface area contributed by atoms with Gasteiger partial charge in [-0.15, -0.1) is 6.58 Å². The summed E-state index contributed by atoms with van der Waals surface area (Å²) >= 11 is 0. The number of hydrogen-bond acceptors (Lipinski definition) is 5. The Morgan fingerprint density at radius 2 is 1.65 bits per heavy atom. The molecule has 2 amide bonds. The fourth-order valence-corrected chi connectivity index (χ4v) is 11.3. The van der Waals surface area contributed by atoms with E-state index in [1.165, 1.54) is 4.90 Å². The number of likely N-dealkylation sites (tertiary alicyclic amines) is 1. The summed E-state index contributed by atoms with van der Waals surface area (Å²) in [6, 6.07) is 17.1. The van der Waals surface area contributed by atoms with E-state index in [4.69, 9.17) is 4.74 Å². The lowest BCUT2D eigenvalue weighted by atomic mass is 9.82. The van der Waals surface area contributed by atoms with Gasteiger partial charge in [-0.05, 0) is 64.3 Å². The molecule has 0 aliphatic carbocycles. The highest BCUT2D eigenvalue weighted by molar-refractivity contribution is 7.93. The second kappa shape index (κ2) is 10.8. The quantitative estimate of drug-likeness (QED) is 0.200. The maximum absolute atomic E-state index is 14.6. The van der Waals surface area contributed by atoms with Gasteiger partial charge in [0.05, 0.1) is 13.7 Å². The Morgan fingerprint density at radius 3 is 2.16 bits per heavy atom. The molecule has 2 aromatic carbocycles. The molecule has 1 fully saturated rings. The number of sulfone groups is 1. The largest absolute Gasteiger partial charge is 0.484 e. The second-order valence-electron chi connectivity index (χ2n) is 10.7. The molecule has 0 bridgehead atoms. The Bertz CT molecular complexity index is 1230. The van der Waals surface area contributed by atoms with Crippen molar-refractivity contribution in [2.24, 2.45) is 0 Å². The number of hydrogen-bond donors (Lipinski definition) is 1. The molecule has 200 valence electrons. The molecule has 1 aliphatic heterocycles. The first-order valence-corrected chi connectivity index (χ1v) is 17.0. The maximum Gasteiger partial charge on any atom is 0.258 e. The van der Waals surface area contributed by atoms with E-state index >= 15 is 0 Å². The van der Waals surface area contributed by atoms with Crippen LogP contribution in [0.15, 0.2) is 78.2 Å². The molecule has 37 heavy (non-hydrogen) atoms. The van der Waals surface area contributed by atoms with E-state index in [0.717, 1.165) is 0 Å². The summed E-state index contributed by atoms with van der Waals surface area (Å²) in [7, 11) is -6.35. The maximum atomic E-state index is 14.6. The zero-order valence-corrected chi connectivity index (χ0v) is 24.3. The molecular weight excluding hydrogens is 504 g/mol. The summed E-state index contributed by atoms with van der Waals surface area (Å²) in [4.78, 5) is 27.4. The number of carbonyl (C=O) groups is 2. The highest BCUT2D eigenvalue weighted by Gasteiger charge is 2.80. The molecule has 9 heteroatoms. The molecule has 0 saturated carbocycles. The number of para-hydroxylation sites is 1. The van der Waals surface area contributed by atoms with E-state index in [2.05, 4.69) is 11.9 Å². The van der Waals surface area contributed by atoms with Gasteiger partial charge in [0.2, 0.25) is 15.7 Å². The van der Waals surface area contributed by atoms with Gasteiger partial charge < -0.3 is 15.0 Å². The lowest BCUT2D eigenvalue weighted by molar-refractivity contribution is -0.174. The van der Waals surface area contributed by atoms with E-state index in [-0.39, 0.29) is 23.8 Å².